The Hall–Kier alpha value is -1.93. The maximum Gasteiger partial charge on any atom is 0.240 e. The van der Waals surface area contributed by atoms with Crippen molar-refractivity contribution in [3.8, 4) is 5.00 Å². The number of hydrazone groups is 1. The lowest BCUT2D eigenvalue weighted by molar-refractivity contribution is 0.134. The number of anilines is 1. The van der Waals surface area contributed by atoms with Crippen molar-refractivity contribution in [3.05, 3.63) is 21.8 Å². The van der Waals surface area contributed by atoms with E-state index in [9.17, 15) is 0 Å². The van der Waals surface area contributed by atoms with Gasteiger partial charge in [0.25, 0.3) is 0 Å². The van der Waals surface area contributed by atoms with Gasteiger partial charge in [-0.1, -0.05) is 13.8 Å². The molecule has 8 heteroatoms. The third-order valence-corrected chi connectivity index (χ3v) is 7.24. The Kier molecular flexibility index (Phi) is 3.31. The van der Waals surface area contributed by atoms with Gasteiger partial charge < -0.3 is 0 Å². The second kappa shape index (κ2) is 5.29. The first-order valence-corrected chi connectivity index (χ1v) is 10.2. The molecule has 1 atom stereocenters. The normalized spacial score (nSPS) is 23.0. The van der Waals surface area contributed by atoms with Gasteiger partial charge in [-0.15, -0.1) is 21.5 Å². The predicted molar refractivity (Wildman–Crippen MR) is 104 cm³/mol. The average Bonchev–Trinajstić information content (AvgIpc) is 3.28. The molecule has 0 aromatic carbocycles. The van der Waals surface area contributed by atoms with Crippen molar-refractivity contribution in [1.82, 2.24) is 25.1 Å². The third kappa shape index (κ3) is 1.94. The van der Waals surface area contributed by atoms with Gasteiger partial charge >= 0.3 is 0 Å². The summed E-state index contributed by atoms with van der Waals surface area (Å²) < 4.78 is 2.26. The first-order valence-electron chi connectivity index (χ1n) is 9.38. The number of hydrogen-bond donors (Lipinski definition) is 1. The van der Waals surface area contributed by atoms with Crippen LogP contribution in [0, 0.1) is 0 Å². The maximum absolute atomic E-state index is 4.62. The second-order valence-electron chi connectivity index (χ2n) is 7.96. The van der Waals surface area contributed by atoms with Gasteiger partial charge in [-0.25, -0.2) is 0 Å². The number of nitrogens with one attached hydrogen (secondary N) is 1. The van der Waals surface area contributed by atoms with E-state index in [2.05, 4.69) is 69.8 Å². The van der Waals surface area contributed by atoms with Crippen LogP contribution in [0.5, 0.6) is 0 Å². The minimum Gasteiger partial charge on any atom is -0.296 e. The first-order chi connectivity index (χ1) is 12.5. The molecule has 0 amide bonds. The number of fused-ring (bicyclic) bond motifs is 8. The summed E-state index contributed by atoms with van der Waals surface area (Å²) >= 11 is 1.90. The molecule has 0 bridgehead atoms. The molecule has 0 radical (unpaired) electrons. The van der Waals surface area contributed by atoms with Crippen molar-refractivity contribution < 1.29 is 0 Å². The Morgan fingerprint density at radius 1 is 1.23 bits per heavy atom. The predicted octanol–water partition coefficient (Wildman–Crippen LogP) is 2.80. The molecule has 3 aliphatic heterocycles. The van der Waals surface area contributed by atoms with Crippen LogP contribution in [0.15, 0.2) is 5.10 Å². The van der Waals surface area contributed by atoms with Crippen LogP contribution in [0.2, 0.25) is 0 Å². The number of rotatable bonds is 2. The number of nitrogens with zero attached hydrogens (tertiary/aromatic N) is 6. The molecule has 0 aliphatic carbocycles. The minimum atomic E-state index is 0.0422. The van der Waals surface area contributed by atoms with Crippen molar-refractivity contribution in [2.45, 2.75) is 65.2 Å². The van der Waals surface area contributed by atoms with Crippen molar-refractivity contribution >= 4 is 23.1 Å². The van der Waals surface area contributed by atoms with Crippen LogP contribution in [-0.4, -0.2) is 38.1 Å². The summed E-state index contributed by atoms with van der Waals surface area (Å²) in [5, 5.41) is 14.9. The lowest BCUT2D eigenvalue weighted by Crippen LogP contribution is -2.46. The Balaban J connectivity index is 1.76. The van der Waals surface area contributed by atoms with Crippen molar-refractivity contribution in [2.75, 3.05) is 11.9 Å². The van der Waals surface area contributed by atoms with E-state index < -0.39 is 0 Å². The highest BCUT2D eigenvalue weighted by Gasteiger charge is 2.45. The van der Waals surface area contributed by atoms with Crippen LogP contribution in [0.1, 0.15) is 62.1 Å². The van der Waals surface area contributed by atoms with E-state index in [0.717, 1.165) is 43.4 Å². The maximum atomic E-state index is 4.62. The molecule has 3 aliphatic rings. The van der Waals surface area contributed by atoms with E-state index in [1.54, 1.807) is 0 Å². The summed E-state index contributed by atoms with van der Waals surface area (Å²) in [5.41, 5.74) is 6.40. The molecule has 7 nitrogen and oxygen atoms in total. The Morgan fingerprint density at radius 3 is 2.77 bits per heavy atom. The zero-order valence-corrected chi connectivity index (χ0v) is 16.8. The van der Waals surface area contributed by atoms with Gasteiger partial charge in [-0.05, 0) is 32.9 Å². The van der Waals surface area contributed by atoms with Crippen LogP contribution in [0.3, 0.4) is 0 Å². The highest BCUT2D eigenvalue weighted by atomic mass is 32.1. The lowest BCUT2D eigenvalue weighted by atomic mass is 9.86. The standard InChI is InChI=1S/C18H25N7S/c1-6-12-19-21-15-14-10-8-18(3,4)23(5)9-11(10)26-16(14)25-13(7-2)20-22-17(25)24(12)15/h15,21H,6-9H2,1-5H3. The van der Waals surface area contributed by atoms with E-state index in [0.29, 0.717) is 0 Å². The van der Waals surface area contributed by atoms with E-state index in [-0.39, 0.29) is 11.7 Å². The summed E-state index contributed by atoms with van der Waals surface area (Å²) in [6.07, 6.45) is 2.83. The fraction of sp³-hybridized carbons (Fsp3) is 0.611. The Bertz CT molecular complexity index is 922. The SMILES string of the molecule is CCC1=NNC2c3c(sc4c3CC(C)(C)N(C)C4)-n3c(CC)nnc3N12. The van der Waals surface area contributed by atoms with Crippen LogP contribution >= 0.6 is 11.3 Å². The molecular formula is C18H25N7S. The molecule has 0 saturated carbocycles. The molecule has 5 heterocycles. The van der Waals surface area contributed by atoms with Gasteiger partial charge in [-0.2, -0.15) is 5.10 Å². The molecule has 1 N–H and O–H groups in total. The number of aryl methyl sites for hydroxylation is 1. The number of thiophene rings is 1. The fourth-order valence-corrected chi connectivity index (χ4v) is 5.67. The summed E-state index contributed by atoms with van der Waals surface area (Å²) in [6.45, 7) is 9.94. The summed E-state index contributed by atoms with van der Waals surface area (Å²) in [5.74, 6) is 2.95. The average molecular weight is 372 g/mol. The smallest absolute Gasteiger partial charge is 0.240 e. The van der Waals surface area contributed by atoms with E-state index in [1.807, 2.05) is 11.3 Å². The second-order valence-corrected chi connectivity index (χ2v) is 9.04. The number of amidine groups is 1. The highest BCUT2D eigenvalue weighted by Crippen LogP contribution is 2.49. The third-order valence-electron chi connectivity index (χ3n) is 6.03. The molecule has 5 rings (SSSR count). The summed E-state index contributed by atoms with van der Waals surface area (Å²) in [7, 11) is 2.22. The Morgan fingerprint density at radius 2 is 2.04 bits per heavy atom. The number of hydrogen-bond acceptors (Lipinski definition) is 7. The van der Waals surface area contributed by atoms with E-state index in [4.69, 9.17) is 0 Å². The minimum absolute atomic E-state index is 0.0422. The fourth-order valence-electron chi connectivity index (χ4n) is 4.25. The molecule has 138 valence electrons. The molecule has 0 saturated heterocycles. The highest BCUT2D eigenvalue weighted by molar-refractivity contribution is 7.15. The van der Waals surface area contributed by atoms with E-state index in [1.165, 1.54) is 21.0 Å². The zero-order valence-electron chi connectivity index (χ0n) is 16.0. The van der Waals surface area contributed by atoms with Crippen LogP contribution in [0.4, 0.5) is 5.95 Å². The molecular weight excluding hydrogens is 346 g/mol. The molecule has 2 aromatic heterocycles. The number of aromatic nitrogens is 3. The van der Waals surface area contributed by atoms with Crippen molar-refractivity contribution in [1.29, 1.82) is 0 Å². The van der Waals surface area contributed by atoms with Crippen molar-refractivity contribution in [2.24, 2.45) is 5.10 Å². The van der Waals surface area contributed by atoms with Crippen LogP contribution in [-0.2, 0) is 19.4 Å². The van der Waals surface area contributed by atoms with Crippen LogP contribution in [0.25, 0.3) is 5.00 Å². The topological polar surface area (TPSA) is 61.6 Å². The lowest BCUT2D eigenvalue weighted by Gasteiger charge is -2.40. The van der Waals surface area contributed by atoms with E-state index >= 15 is 0 Å². The summed E-state index contributed by atoms with van der Waals surface area (Å²) in [6, 6.07) is 0. The molecule has 1 unspecified atom stereocenters. The zero-order chi connectivity index (χ0) is 18.2. The first kappa shape index (κ1) is 16.3. The van der Waals surface area contributed by atoms with Gasteiger partial charge in [0, 0.05) is 35.4 Å². The van der Waals surface area contributed by atoms with Gasteiger partial charge in [0.1, 0.15) is 16.7 Å². The largest absolute Gasteiger partial charge is 0.296 e. The molecule has 26 heavy (non-hydrogen) atoms. The quantitative estimate of drug-likeness (QED) is 0.880. The molecule has 0 spiro atoms. The van der Waals surface area contributed by atoms with Gasteiger partial charge in [0.2, 0.25) is 5.95 Å². The van der Waals surface area contributed by atoms with Gasteiger partial charge in [0.05, 0.1) is 0 Å². The Labute approximate surface area is 157 Å². The van der Waals surface area contributed by atoms with Crippen LogP contribution < -0.4 is 10.3 Å². The number of likely N-dealkylation sites (N-methyl/N-ethyl adjacent to an activating group) is 1. The summed E-state index contributed by atoms with van der Waals surface area (Å²) in [4.78, 5) is 6.17. The van der Waals surface area contributed by atoms with Gasteiger partial charge in [-0.3, -0.25) is 19.8 Å². The molecule has 0 fully saturated rings. The molecule has 2 aromatic rings. The monoisotopic (exact) mass is 371 g/mol. The van der Waals surface area contributed by atoms with Crippen molar-refractivity contribution in [3.63, 3.8) is 0 Å². The van der Waals surface area contributed by atoms with Gasteiger partial charge in [0.15, 0.2) is 6.17 Å².